The predicted molar refractivity (Wildman–Crippen MR) is 89.4 cm³/mol. The molecule has 0 bridgehead atoms. The minimum atomic E-state index is 0.561. The van der Waals surface area contributed by atoms with E-state index in [1.54, 1.807) is 0 Å². The zero-order valence-electron chi connectivity index (χ0n) is 13.4. The lowest BCUT2D eigenvalue weighted by Crippen LogP contribution is -2.51. The maximum absolute atomic E-state index is 6.17. The number of rotatable bonds is 5. The Morgan fingerprint density at radius 1 is 1.14 bits per heavy atom. The van der Waals surface area contributed by atoms with Crippen LogP contribution in [0.3, 0.4) is 0 Å². The van der Waals surface area contributed by atoms with E-state index >= 15 is 0 Å². The number of nitrogens with zero attached hydrogens (tertiary/aromatic N) is 1. The van der Waals surface area contributed by atoms with E-state index in [9.17, 15) is 0 Å². The van der Waals surface area contributed by atoms with Gasteiger partial charge in [0.05, 0.1) is 0 Å². The van der Waals surface area contributed by atoms with Crippen LogP contribution in [0.1, 0.15) is 56.9 Å². The van der Waals surface area contributed by atoms with Crippen LogP contribution in [-0.2, 0) is 0 Å². The second-order valence-corrected chi connectivity index (χ2v) is 7.08. The van der Waals surface area contributed by atoms with Gasteiger partial charge in [0.1, 0.15) is 0 Å². The molecule has 0 radical (unpaired) electrons. The van der Waals surface area contributed by atoms with Gasteiger partial charge in [-0.05, 0) is 56.0 Å². The fourth-order valence-corrected chi connectivity index (χ4v) is 4.64. The van der Waals surface area contributed by atoms with Gasteiger partial charge in [0.15, 0.2) is 0 Å². The van der Waals surface area contributed by atoms with Gasteiger partial charge in [0, 0.05) is 18.6 Å². The molecule has 2 aliphatic rings. The molecule has 1 aliphatic heterocycles. The molecule has 116 valence electrons. The van der Waals surface area contributed by atoms with Crippen molar-refractivity contribution >= 4 is 0 Å². The predicted octanol–water partition coefficient (Wildman–Crippen LogP) is 3.77. The molecule has 4 atom stereocenters. The summed E-state index contributed by atoms with van der Waals surface area (Å²) in [7, 11) is 0. The van der Waals surface area contributed by atoms with Crippen LogP contribution in [0.4, 0.5) is 0 Å². The minimum Gasteiger partial charge on any atom is -0.329 e. The fourth-order valence-electron chi connectivity index (χ4n) is 4.64. The number of hydrogen-bond donors (Lipinski definition) is 1. The second kappa shape index (κ2) is 6.93. The van der Waals surface area contributed by atoms with Gasteiger partial charge in [0.25, 0.3) is 0 Å². The molecule has 0 spiro atoms. The fraction of sp³-hybridized carbons (Fsp3) is 0.684. The van der Waals surface area contributed by atoms with E-state index in [0.717, 1.165) is 18.5 Å². The molecule has 2 heteroatoms. The lowest BCUT2D eigenvalue weighted by molar-refractivity contribution is 0.0640. The van der Waals surface area contributed by atoms with E-state index in [4.69, 9.17) is 5.73 Å². The topological polar surface area (TPSA) is 29.3 Å². The van der Waals surface area contributed by atoms with E-state index in [2.05, 4.69) is 42.2 Å². The van der Waals surface area contributed by atoms with E-state index < -0.39 is 0 Å². The quantitative estimate of drug-likeness (QED) is 0.892. The highest BCUT2D eigenvalue weighted by Gasteiger charge is 2.37. The van der Waals surface area contributed by atoms with Crippen molar-refractivity contribution < 1.29 is 0 Å². The van der Waals surface area contributed by atoms with Crippen molar-refractivity contribution in [1.29, 1.82) is 0 Å². The van der Waals surface area contributed by atoms with Crippen molar-refractivity contribution in [2.45, 2.75) is 63.5 Å². The molecule has 1 heterocycles. The summed E-state index contributed by atoms with van der Waals surface area (Å²) in [5, 5.41) is 0. The third-order valence-corrected chi connectivity index (χ3v) is 5.77. The molecule has 4 unspecified atom stereocenters. The van der Waals surface area contributed by atoms with E-state index in [0.29, 0.717) is 12.0 Å². The average Bonchev–Trinajstić information content (AvgIpc) is 3.02. The Labute approximate surface area is 129 Å². The normalized spacial score (nSPS) is 29.0. The smallest absolute Gasteiger partial charge is 0.0227 e. The highest BCUT2D eigenvalue weighted by Crippen LogP contribution is 2.38. The van der Waals surface area contributed by atoms with Crippen molar-refractivity contribution in [3.63, 3.8) is 0 Å². The Hall–Kier alpha value is -0.860. The van der Waals surface area contributed by atoms with E-state index in [1.165, 1.54) is 50.6 Å². The molecule has 0 amide bonds. The first kappa shape index (κ1) is 15.1. The van der Waals surface area contributed by atoms with Gasteiger partial charge in [-0.1, -0.05) is 43.7 Å². The Bertz CT molecular complexity index is 430. The molecule has 2 nitrogen and oxygen atoms in total. The maximum atomic E-state index is 6.17. The summed E-state index contributed by atoms with van der Waals surface area (Å²) in [5.74, 6) is 1.56. The number of fused-ring (bicyclic) bond motifs is 1. The summed E-state index contributed by atoms with van der Waals surface area (Å²) in [6, 6.07) is 12.3. The van der Waals surface area contributed by atoms with Crippen molar-refractivity contribution in [2.24, 2.45) is 11.7 Å². The highest BCUT2D eigenvalue weighted by molar-refractivity contribution is 5.19. The summed E-state index contributed by atoms with van der Waals surface area (Å²) in [4.78, 5) is 2.78. The van der Waals surface area contributed by atoms with Gasteiger partial charge in [-0.15, -0.1) is 0 Å². The van der Waals surface area contributed by atoms with Crippen molar-refractivity contribution in [3.05, 3.63) is 35.9 Å². The van der Waals surface area contributed by atoms with Gasteiger partial charge in [-0.3, -0.25) is 4.90 Å². The summed E-state index contributed by atoms with van der Waals surface area (Å²) < 4.78 is 0. The number of benzene rings is 1. The molecule has 21 heavy (non-hydrogen) atoms. The molecular formula is C19H30N2. The third-order valence-electron chi connectivity index (χ3n) is 5.77. The summed E-state index contributed by atoms with van der Waals surface area (Å²) in [6.45, 7) is 4.43. The monoisotopic (exact) mass is 286 g/mol. The average molecular weight is 286 g/mol. The van der Waals surface area contributed by atoms with E-state index in [1.807, 2.05) is 0 Å². The zero-order chi connectivity index (χ0) is 14.7. The molecule has 3 rings (SSSR count). The minimum absolute atomic E-state index is 0.561. The second-order valence-electron chi connectivity index (χ2n) is 7.08. The molecule has 1 aromatic carbocycles. The van der Waals surface area contributed by atoms with Crippen LogP contribution < -0.4 is 5.73 Å². The van der Waals surface area contributed by atoms with Crippen molar-refractivity contribution in [1.82, 2.24) is 4.90 Å². The van der Waals surface area contributed by atoms with Crippen LogP contribution in [0.25, 0.3) is 0 Å². The van der Waals surface area contributed by atoms with Crippen LogP contribution >= 0.6 is 0 Å². The standard InChI is InChI=1S/C19H30N2/c1-15(16-7-3-2-4-8-16)13-18(14-20)21-12-6-10-17-9-5-11-19(17)21/h2-4,7-8,15,17-19H,5-6,9-14,20H2,1H3. The maximum Gasteiger partial charge on any atom is 0.0227 e. The lowest BCUT2D eigenvalue weighted by Gasteiger charge is -2.43. The number of likely N-dealkylation sites (tertiary alicyclic amines) is 1. The SMILES string of the molecule is CC(CC(CN)N1CCCC2CCCC21)c1ccccc1. The Kier molecular flexibility index (Phi) is 4.97. The summed E-state index contributed by atoms with van der Waals surface area (Å²) in [5.41, 5.74) is 7.63. The molecule has 1 aliphatic carbocycles. The molecule has 0 aromatic heterocycles. The third kappa shape index (κ3) is 3.32. The van der Waals surface area contributed by atoms with Gasteiger partial charge < -0.3 is 5.73 Å². The highest BCUT2D eigenvalue weighted by atomic mass is 15.2. The van der Waals surface area contributed by atoms with Crippen LogP contribution in [0.2, 0.25) is 0 Å². The Morgan fingerprint density at radius 2 is 1.90 bits per heavy atom. The first-order valence-electron chi connectivity index (χ1n) is 8.80. The van der Waals surface area contributed by atoms with E-state index in [-0.39, 0.29) is 0 Å². The Morgan fingerprint density at radius 3 is 2.67 bits per heavy atom. The zero-order valence-corrected chi connectivity index (χ0v) is 13.4. The molecule has 2 fully saturated rings. The largest absolute Gasteiger partial charge is 0.329 e. The summed E-state index contributed by atoms with van der Waals surface area (Å²) in [6.07, 6.45) is 8.30. The Balaban J connectivity index is 1.67. The van der Waals surface area contributed by atoms with Crippen LogP contribution in [0.5, 0.6) is 0 Å². The van der Waals surface area contributed by atoms with Gasteiger partial charge in [-0.25, -0.2) is 0 Å². The van der Waals surface area contributed by atoms with Crippen LogP contribution in [0, 0.1) is 5.92 Å². The molecule has 2 N–H and O–H groups in total. The van der Waals surface area contributed by atoms with Crippen LogP contribution in [0.15, 0.2) is 30.3 Å². The number of nitrogens with two attached hydrogens (primary N) is 1. The summed E-state index contributed by atoms with van der Waals surface area (Å²) >= 11 is 0. The lowest BCUT2D eigenvalue weighted by atomic mass is 9.87. The van der Waals surface area contributed by atoms with Crippen molar-refractivity contribution in [2.75, 3.05) is 13.1 Å². The molecule has 1 aromatic rings. The number of piperidine rings is 1. The molecule has 1 saturated heterocycles. The first-order valence-corrected chi connectivity index (χ1v) is 8.80. The molecular weight excluding hydrogens is 256 g/mol. The van der Waals surface area contributed by atoms with Crippen LogP contribution in [-0.4, -0.2) is 30.1 Å². The molecule has 1 saturated carbocycles. The van der Waals surface area contributed by atoms with Gasteiger partial charge in [-0.2, -0.15) is 0 Å². The first-order chi connectivity index (χ1) is 10.3. The van der Waals surface area contributed by atoms with Crippen molar-refractivity contribution in [3.8, 4) is 0 Å². The van der Waals surface area contributed by atoms with Gasteiger partial charge >= 0.3 is 0 Å². The number of hydrogen-bond acceptors (Lipinski definition) is 2. The van der Waals surface area contributed by atoms with Gasteiger partial charge in [0.2, 0.25) is 0 Å².